The molecule has 1 aromatic heterocycles. The minimum Gasteiger partial charge on any atom is -0.315 e. The van der Waals surface area contributed by atoms with Crippen LogP contribution in [0.15, 0.2) is 35.2 Å². The molecule has 1 aromatic carbocycles. The van der Waals surface area contributed by atoms with Gasteiger partial charge in [-0.05, 0) is 12.1 Å². The molecule has 0 saturated heterocycles. The van der Waals surface area contributed by atoms with E-state index in [0.717, 1.165) is 31.9 Å². The van der Waals surface area contributed by atoms with Crippen LogP contribution in [0, 0.1) is 0 Å². The summed E-state index contributed by atoms with van der Waals surface area (Å²) in [4.78, 5) is 0.252. The monoisotopic (exact) mass is 307 g/mol. The van der Waals surface area contributed by atoms with E-state index in [2.05, 4.69) is 20.2 Å². The van der Waals surface area contributed by atoms with E-state index < -0.39 is 10.0 Å². The molecule has 3 rings (SSSR count). The first-order valence-electron chi connectivity index (χ1n) is 6.83. The summed E-state index contributed by atoms with van der Waals surface area (Å²) in [6, 6.07) is 8.31. The molecule has 0 unspecified atom stereocenters. The number of hydrogen-bond donors (Lipinski definition) is 2. The average molecular weight is 307 g/mol. The third-order valence-corrected chi connectivity index (χ3v) is 4.83. The summed E-state index contributed by atoms with van der Waals surface area (Å²) in [5, 5.41) is 11.5. The summed E-state index contributed by atoms with van der Waals surface area (Å²) < 4.78 is 28.9. The van der Waals surface area contributed by atoms with Gasteiger partial charge in [-0.15, -0.1) is 10.2 Å². The van der Waals surface area contributed by atoms with Crippen LogP contribution in [0.5, 0.6) is 0 Å². The molecule has 21 heavy (non-hydrogen) atoms. The quantitative estimate of drug-likeness (QED) is 0.823. The van der Waals surface area contributed by atoms with E-state index in [1.807, 2.05) is 4.57 Å². The third-order valence-electron chi connectivity index (χ3n) is 3.42. The first-order chi connectivity index (χ1) is 10.2. The van der Waals surface area contributed by atoms with E-state index in [1.165, 1.54) is 0 Å². The summed E-state index contributed by atoms with van der Waals surface area (Å²) in [5.74, 6) is 1.54. The molecule has 2 heterocycles. The molecule has 2 aromatic rings. The average Bonchev–Trinajstić information content (AvgIpc) is 2.73. The first-order valence-corrected chi connectivity index (χ1v) is 8.31. The van der Waals surface area contributed by atoms with Gasteiger partial charge in [-0.2, -0.15) is 0 Å². The summed E-state index contributed by atoms with van der Waals surface area (Å²) in [6.07, 6.45) is 0.804. The predicted molar refractivity (Wildman–Crippen MR) is 77.1 cm³/mol. The van der Waals surface area contributed by atoms with E-state index in [0.29, 0.717) is 5.82 Å². The van der Waals surface area contributed by atoms with Gasteiger partial charge in [0.05, 0.1) is 11.4 Å². The fourth-order valence-electron chi connectivity index (χ4n) is 2.30. The lowest BCUT2D eigenvalue weighted by atomic mass is 10.4. The van der Waals surface area contributed by atoms with Crippen molar-refractivity contribution in [3.05, 3.63) is 42.0 Å². The maximum absolute atomic E-state index is 12.2. The molecule has 0 bridgehead atoms. The highest BCUT2D eigenvalue weighted by Crippen LogP contribution is 2.09. The summed E-state index contributed by atoms with van der Waals surface area (Å²) >= 11 is 0. The van der Waals surface area contributed by atoms with Gasteiger partial charge in [0, 0.05) is 26.1 Å². The molecular weight excluding hydrogens is 290 g/mol. The molecule has 0 spiro atoms. The Balaban J connectivity index is 1.75. The van der Waals surface area contributed by atoms with E-state index in [9.17, 15) is 8.42 Å². The summed E-state index contributed by atoms with van der Waals surface area (Å²) in [6.45, 7) is 2.60. The van der Waals surface area contributed by atoms with Gasteiger partial charge in [0.25, 0.3) is 0 Å². The normalized spacial score (nSPS) is 15.4. The van der Waals surface area contributed by atoms with Crippen LogP contribution in [0.2, 0.25) is 0 Å². The van der Waals surface area contributed by atoms with Gasteiger partial charge in [-0.3, -0.25) is 0 Å². The van der Waals surface area contributed by atoms with Crippen molar-refractivity contribution in [1.82, 2.24) is 24.8 Å². The van der Waals surface area contributed by atoms with Crippen molar-refractivity contribution in [2.75, 3.05) is 13.1 Å². The van der Waals surface area contributed by atoms with Crippen molar-refractivity contribution in [3.63, 3.8) is 0 Å². The highest BCUT2D eigenvalue weighted by molar-refractivity contribution is 7.89. The van der Waals surface area contributed by atoms with Crippen LogP contribution in [-0.4, -0.2) is 36.3 Å². The zero-order chi connectivity index (χ0) is 14.7. The molecule has 0 amide bonds. The Labute approximate surface area is 123 Å². The fraction of sp³-hybridized carbons (Fsp3) is 0.385. The van der Waals surface area contributed by atoms with Crippen molar-refractivity contribution < 1.29 is 8.42 Å². The minimum atomic E-state index is -3.52. The lowest BCUT2D eigenvalue weighted by molar-refractivity contribution is 0.570. The molecule has 1 aliphatic rings. The predicted octanol–water partition coefficient (Wildman–Crippen LogP) is -0.0977. The van der Waals surface area contributed by atoms with Gasteiger partial charge in [0.15, 0.2) is 0 Å². The van der Waals surface area contributed by atoms with Crippen LogP contribution in [0.1, 0.15) is 11.6 Å². The second kappa shape index (κ2) is 5.92. The Morgan fingerprint density at radius 3 is 2.81 bits per heavy atom. The molecule has 0 fully saturated rings. The SMILES string of the molecule is O=S(=O)(NCc1nnc2n1CCNCC2)c1ccccc1. The van der Waals surface area contributed by atoms with Gasteiger partial charge >= 0.3 is 0 Å². The molecule has 0 aliphatic carbocycles. The number of aromatic nitrogens is 3. The molecule has 2 N–H and O–H groups in total. The van der Waals surface area contributed by atoms with Crippen molar-refractivity contribution in [1.29, 1.82) is 0 Å². The number of nitrogens with one attached hydrogen (secondary N) is 2. The second-order valence-electron chi connectivity index (χ2n) is 4.82. The molecule has 0 atom stereocenters. The highest BCUT2D eigenvalue weighted by atomic mass is 32.2. The Hall–Kier alpha value is -1.77. The van der Waals surface area contributed by atoms with Crippen LogP contribution < -0.4 is 10.0 Å². The maximum Gasteiger partial charge on any atom is 0.240 e. The van der Waals surface area contributed by atoms with Crippen LogP contribution in [-0.2, 0) is 29.5 Å². The van der Waals surface area contributed by atoms with Crippen LogP contribution in [0.25, 0.3) is 0 Å². The summed E-state index contributed by atoms with van der Waals surface area (Å²) in [7, 11) is -3.52. The van der Waals surface area contributed by atoms with Crippen LogP contribution in [0.3, 0.4) is 0 Å². The number of fused-ring (bicyclic) bond motifs is 1. The van der Waals surface area contributed by atoms with Gasteiger partial charge in [-0.1, -0.05) is 18.2 Å². The topological polar surface area (TPSA) is 88.9 Å². The Bertz CT molecular complexity index is 711. The van der Waals surface area contributed by atoms with Crippen LogP contribution >= 0.6 is 0 Å². The Morgan fingerprint density at radius 1 is 1.19 bits per heavy atom. The van der Waals surface area contributed by atoms with Gasteiger partial charge < -0.3 is 9.88 Å². The first kappa shape index (κ1) is 14.2. The zero-order valence-electron chi connectivity index (χ0n) is 11.5. The standard InChI is InChI=1S/C13H17N5O2S/c19-21(20,11-4-2-1-3-5-11)15-10-13-17-16-12-6-7-14-8-9-18(12)13/h1-5,14-15H,6-10H2. The number of hydrogen-bond acceptors (Lipinski definition) is 5. The molecule has 0 radical (unpaired) electrons. The molecule has 1 aliphatic heterocycles. The van der Waals surface area contributed by atoms with Gasteiger partial charge in [0.2, 0.25) is 10.0 Å². The van der Waals surface area contributed by atoms with E-state index in [4.69, 9.17) is 0 Å². The van der Waals surface area contributed by atoms with Crippen molar-refractivity contribution in [2.24, 2.45) is 0 Å². The minimum absolute atomic E-state index is 0.143. The van der Waals surface area contributed by atoms with Crippen molar-refractivity contribution in [2.45, 2.75) is 24.4 Å². The highest BCUT2D eigenvalue weighted by Gasteiger charge is 2.18. The van der Waals surface area contributed by atoms with E-state index >= 15 is 0 Å². The third kappa shape index (κ3) is 3.12. The molecule has 7 nitrogen and oxygen atoms in total. The Kier molecular flexibility index (Phi) is 4.00. The van der Waals surface area contributed by atoms with E-state index in [-0.39, 0.29) is 11.4 Å². The molecule has 8 heteroatoms. The number of sulfonamides is 1. The number of benzene rings is 1. The lowest BCUT2D eigenvalue weighted by Gasteiger charge is -2.08. The summed E-state index contributed by atoms with van der Waals surface area (Å²) in [5.41, 5.74) is 0. The van der Waals surface area contributed by atoms with Gasteiger partial charge in [0.1, 0.15) is 11.6 Å². The number of rotatable bonds is 4. The number of nitrogens with zero attached hydrogens (tertiary/aromatic N) is 3. The van der Waals surface area contributed by atoms with Crippen molar-refractivity contribution in [3.8, 4) is 0 Å². The van der Waals surface area contributed by atoms with E-state index in [1.54, 1.807) is 30.3 Å². The maximum atomic E-state index is 12.2. The second-order valence-corrected chi connectivity index (χ2v) is 6.59. The fourth-order valence-corrected chi connectivity index (χ4v) is 3.31. The lowest BCUT2D eigenvalue weighted by Crippen LogP contribution is -2.26. The van der Waals surface area contributed by atoms with Gasteiger partial charge in [-0.25, -0.2) is 13.1 Å². The van der Waals surface area contributed by atoms with Crippen molar-refractivity contribution >= 4 is 10.0 Å². The molecule has 0 saturated carbocycles. The molecular formula is C13H17N5O2S. The van der Waals surface area contributed by atoms with Crippen LogP contribution in [0.4, 0.5) is 0 Å². The smallest absolute Gasteiger partial charge is 0.240 e. The Morgan fingerprint density at radius 2 is 2.00 bits per heavy atom. The largest absolute Gasteiger partial charge is 0.315 e. The molecule has 112 valence electrons. The zero-order valence-corrected chi connectivity index (χ0v) is 12.3.